The zero-order valence-electron chi connectivity index (χ0n) is 16.7. The van der Waals surface area contributed by atoms with Gasteiger partial charge < -0.3 is 15.0 Å². The van der Waals surface area contributed by atoms with Crippen molar-refractivity contribution >= 4 is 29.0 Å². The van der Waals surface area contributed by atoms with Crippen LogP contribution < -0.4 is 10.1 Å². The Morgan fingerprint density at radius 3 is 2.70 bits per heavy atom. The van der Waals surface area contributed by atoms with Gasteiger partial charge >= 0.3 is 6.03 Å². The Bertz CT molecular complexity index is 991. The monoisotopic (exact) mass is 442 g/mol. The highest BCUT2D eigenvalue weighted by atomic mass is 35.5. The molecule has 0 bridgehead atoms. The van der Waals surface area contributed by atoms with Crippen LogP contribution in [0.3, 0.4) is 0 Å². The molecule has 8 heteroatoms. The van der Waals surface area contributed by atoms with Crippen molar-refractivity contribution in [2.45, 2.75) is 25.3 Å². The fourth-order valence-corrected chi connectivity index (χ4v) is 4.61. The van der Waals surface area contributed by atoms with E-state index in [1.54, 1.807) is 18.4 Å². The zero-order chi connectivity index (χ0) is 20.9. The Hall–Kier alpha value is -2.64. The van der Waals surface area contributed by atoms with Gasteiger partial charge in [0, 0.05) is 36.1 Å². The van der Waals surface area contributed by atoms with Crippen molar-refractivity contribution in [3.63, 3.8) is 0 Å². The van der Waals surface area contributed by atoms with Gasteiger partial charge in [0.1, 0.15) is 15.8 Å². The summed E-state index contributed by atoms with van der Waals surface area (Å²) in [7, 11) is 1.65. The maximum atomic E-state index is 12.6. The number of hydrogen-bond donors (Lipinski definition) is 1. The van der Waals surface area contributed by atoms with Gasteiger partial charge in [0.25, 0.3) is 0 Å². The molecule has 2 aromatic carbocycles. The molecule has 1 aliphatic rings. The molecule has 0 spiro atoms. The molecule has 4 rings (SSSR count). The fraction of sp³-hybridized carbons (Fsp3) is 0.318. The summed E-state index contributed by atoms with van der Waals surface area (Å²) in [5, 5.41) is 14.3. The SMILES string of the molecule is COc1ccc(-c2nnc(C3CCCN(C(=O)NCc4ccc(Cl)cc4)C3)s2)cc1. The number of nitrogens with zero attached hydrogens (tertiary/aromatic N) is 3. The molecule has 0 saturated carbocycles. The van der Waals surface area contributed by atoms with E-state index in [1.165, 1.54) is 0 Å². The minimum absolute atomic E-state index is 0.0467. The fourth-order valence-electron chi connectivity index (χ4n) is 3.50. The first-order valence-electron chi connectivity index (χ1n) is 9.87. The van der Waals surface area contributed by atoms with E-state index in [2.05, 4.69) is 15.5 Å². The number of carbonyl (C=O) groups is 1. The minimum Gasteiger partial charge on any atom is -0.497 e. The Kier molecular flexibility index (Phi) is 6.50. The first-order chi connectivity index (χ1) is 14.6. The van der Waals surface area contributed by atoms with Gasteiger partial charge in [-0.05, 0) is 54.8 Å². The molecule has 1 atom stereocenters. The predicted octanol–water partition coefficient (Wildman–Crippen LogP) is 4.96. The molecule has 0 aliphatic carbocycles. The van der Waals surface area contributed by atoms with E-state index in [4.69, 9.17) is 16.3 Å². The van der Waals surface area contributed by atoms with Crippen LogP contribution in [-0.2, 0) is 6.54 Å². The van der Waals surface area contributed by atoms with Gasteiger partial charge in [-0.25, -0.2) is 4.79 Å². The quantitative estimate of drug-likeness (QED) is 0.606. The number of amides is 2. The Balaban J connectivity index is 1.37. The number of halogens is 1. The summed E-state index contributed by atoms with van der Waals surface area (Å²) in [6.45, 7) is 1.90. The average Bonchev–Trinajstić information content (AvgIpc) is 3.29. The van der Waals surface area contributed by atoms with Gasteiger partial charge in [0.05, 0.1) is 7.11 Å². The van der Waals surface area contributed by atoms with Gasteiger partial charge in [-0.3, -0.25) is 0 Å². The number of nitrogens with one attached hydrogen (secondary N) is 1. The van der Waals surface area contributed by atoms with Crippen LogP contribution in [0.4, 0.5) is 4.79 Å². The van der Waals surface area contributed by atoms with Crippen LogP contribution in [-0.4, -0.2) is 41.3 Å². The minimum atomic E-state index is -0.0467. The molecule has 1 saturated heterocycles. The van der Waals surface area contributed by atoms with E-state index in [1.807, 2.05) is 53.4 Å². The standard InChI is InChI=1S/C22H23ClN4O2S/c1-29-19-10-6-16(7-11-19)20-25-26-21(30-20)17-3-2-12-27(14-17)22(28)24-13-15-4-8-18(23)9-5-15/h4-11,17H,2-3,12-14H2,1H3,(H,24,28). The maximum absolute atomic E-state index is 12.6. The molecular weight excluding hydrogens is 420 g/mol. The largest absolute Gasteiger partial charge is 0.497 e. The molecule has 1 aromatic heterocycles. The molecule has 1 unspecified atom stereocenters. The van der Waals surface area contributed by atoms with Crippen molar-refractivity contribution in [1.29, 1.82) is 0 Å². The number of rotatable bonds is 5. The van der Waals surface area contributed by atoms with E-state index < -0.39 is 0 Å². The third kappa shape index (κ3) is 4.91. The van der Waals surface area contributed by atoms with Crippen molar-refractivity contribution in [1.82, 2.24) is 20.4 Å². The molecule has 1 fully saturated rings. The van der Waals surface area contributed by atoms with Crippen LogP contribution in [0, 0.1) is 0 Å². The molecule has 0 radical (unpaired) electrons. The second kappa shape index (κ2) is 9.45. The molecule has 30 heavy (non-hydrogen) atoms. The lowest BCUT2D eigenvalue weighted by Crippen LogP contribution is -2.44. The lowest BCUT2D eigenvalue weighted by atomic mass is 9.99. The molecule has 2 amide bonds. The van der Waals surface area contributed by atoms with E-state index >= 15 is 0 Å². The Morgan fingerprint density at radius 2 is 1.97 bits per heavy atom. The van der Waals surface area contributed by atoms with E-state index in [0.29, 0.717) is 18.1 Å². The molecular formula is C22H23ClN4O2S. The molecule has 1 N–H and O–H groups in total. The number of hydrogen-bond acceptors (Lipinski definition) is 5. The first kappa shape index (κ1) is 20.6. The lowest BCUT2D eigenvalue weighted by molar-refractivity contribution is 0.179. The number of ether oxygens (including phenoxy) is 1. The number of piperidine rings is 1. The van der Waals surface area contributed by atoms with Crippen LogP contribution in [0.5, 0.6) is 5.75 Å². The van der Waals surface area contributed by atoms with Crippen LogP contribution in [0.2, 0.25) is 5.02 Å². The molecule has 6 nitrogen and oxygen atoms in total. The number of carbonyl (C=O) groups excluding carboxylic acids is 1. The summed E-state index contributed by atoms with van der Waals surface area (Å²) in [6, 6.07) is 15.3. The summed E-state index contributed by atoms with van der Waals surface area (Å²) in [5.74, 6) is 1.03. The summed E-state index contributed by atoms with van der Waals surface area (Å²) in [4.78, 5) is 14.5. The van der Waals surface area contributed by atoms with Crippen LogP contribution in [0.25, 0.3) is 10.6 Å². The topological polar surface area (TPSA) is 67.4 Å². The summed E-state index contributed by atoms with van der Waals surface area (Å²) >= 11 is 7.51. The maximum Gasteiger partial charge on any atom is 0.317 e. The zero-order valence-corrected chi connectivity index (χ0v) is 18.2. The Labute approximate surface area is 184 Å². The summed E-state index contributed by atoms with van der Waals surface area (Å²) < 4.78 is 5.21. The smallest absolute Gasteiger partial charge is 0.317 e. The van der Waals surface area contributed by atoms with Crippen molar-refractivity contribution in [3.8, 4) is 16.3 Å². The van der Waals surface area contributed by atoms with Crippen molar-refractivity contribution in [2.24, 2.45) is 0 Å². The first-order valence-corrected chi connectivity index (χ1v) is 11.1. The molecule has 1 aliphatic heterocycles. The highest BCUT2D eigenvalue weighted by molar-refractivity contribution is 7.14. The van der Waals surface area contributed by atoms with Crippen LogP contribution in [0.15, 0.2) is 48.5 Å². The van der Waals surface area contributed by atoms with Gasteiger partial charge in [-0.15, -0.1) is 10.2 Å². The molecule has 3 aromatic rings. The van der Waals surface area contributed by atoms with Gasteiger partial charge in [0.15, 0.2) is 0 Å². The molecule has 156 valence electrons. The highest BCUT2D eigenvalue weighted by Gasteiger charge is 2.27. The predicted molar refractivity (Wildman–Crippen MR) is 119 cm³/mol. The summed E-state index contributed by atoms with van der Waals surface area (Å²) in [5.41, 5.74) is 2.04. The number of methoxy groups -OCH3 is 1. The Morgan fingerprint density at radius 1 is 1.20 bits per heavy atom. The number of likely N-dealkylation sites (tertiary alicyclic amines) is 1. The second-order valence-corrected chi connectivity index (χ2v) is 8.69. The van der Waals surface area contributed by atoms with E-state index in [0.717, 1.165) is 46.3 Å². The third-order valence-corrected chi connectivity index (χ3v) is 6.58. The molecule has 2 heterocycles. The average molecular weight is 443 g/mol. The number of benzene rings is 2. The van der Waals surface area contributed by atoms with Crippen LogP contribution >= 0.6 is 22.9 Å². The van der Waals surface area contributed by atoms with Crippen molar-refractivity contribution < 1.29 is 9.53 Å². The van der Waals surface area contributed by atoms with Crippen molar-refractivity contribution in [2.75, 3.05) is 20.2 Å². The third-order valence-electron chi connectivity index (χ3n) is 5.19. The second-order valence-electron chi connectivity index (χ2n) is 7.24. The van der Waals surface area contributed by atoms with Gasteiger partial charge in [0.2, 0.25) is 0 Å². The highest BCUT2D eigenvalue weighted by Crippen LogP contribution is 2.33. The number of aromatic nitrogens is 2. The lowest BCUT2D eigenvalue weighted by Gasteiger charge is -2.31. The van der Waals surface area contributed by atoms with E-state index in [-0.39, 0.29) is 11.9 Å². The van der Waals surface area contributed by atoms with Crippen molar-refractivity contribution in [3.05, 3.63) is 64.1 Å². The van der Waals surface area contributed by atoms with E-state index in [9.17, 15) is 4.79 Å². The van der Waals surface area contributed by atoms with Crippen LogP contribution in [0.1, 0.15) is 29.3 Å². The van der Waals surface area contributed by atoms with Gasteiger partial charge in [-0.1, -0.05) is 35.1 Å². The normalized spacial score (nSPS) is 16.3. The summed E-state index contributed by atoms with van der Waals surface area (Å²) in [6.07, 6.45) is 1.97. The number of urea groups is 1. The van der Waals surface area contributed by atoms with Gasteiger partial charge in [-0.2, -0.15) is 0 Å².